The molecular weight excluding hydrogens is 354 g/mol. The first kappa shape index (κ1) is 15.8. The van der Waals surface area contributed by atoms with E-state index in [1.54, 1.807) is 0 Å². The van der Waals surface area contributed by atoms with Crippen molar-refractivity contribution in [2.24, 2.45) is 0 Å². The van der Waals surface area contributed by atoms with Gasteiger partial charge in [0, 0.05) is 5.02 Å². The van der Waals surface area contributed by atoms with Crippen molar-refractivity contribution in [3.63, 3.8) is 0 Å². The Kier molecular flexibility index (Phi) is 3.61. The molecule has 118 valence electrons. The zero-order valence-corrected chi connectivity index (χ0v) is 12.6. The van der Waals surface area contributed by atoms with Gasteiger partial charge in [-0.1, -0.05) is 29.3 Å². The smallest absolute Gasteiger partial charge is 0.268 e. The number of anilines is 1. The summed E-state index contributed by atoms with van der Waals surface area (Å²) in [5.74, 6) is -1.76. The second kappa shape index (κ2) is 5.25. The summed E-state index contributed by atoms with van der Waals surface area (Å²) in [5.41, 5.74) is -1.90. The number of carbonyl (C=O) groups excluding carboxylic acids is 2. The Morgan fingerprint density at radius 3 is 2.26 bits per heavy atom. The van der Waals surface area contributed by atoms with Crippen molar-refractivity contribution in [1.82, 2.24) is 0 Å². The number of hydrogen-bond acceptors (Lipinski definition) is 2. The molecule has 1 aliphatic heterocycles. The summed E-state index contributed by atoms with van der Waals surface area (Å²) in [6.07, 6.45) is -4.78. The number of fused-ring (bicyclic) bond motifs is 1. The maximum atomic E-state index is 13.2. The van der Waals surface area contributed by atoms with Crippen LogP contribution in [0.5, 0.6) is 0 Å². The molecule has 0 fully saturated rings. The van der Waals surface area contributed by atoms with Crippen LogP contribution < -0.4 is 4.90 Å². The van der Waals surface area contributed by atoms with Gasteiger partial charge in [-0.05, 0) is 30.3 Å². The predicted molar refractivity (Wildman–Crippen MR) is 79.0 cm³/mol. The predicted octanol–water partition coefficient (Wildman–Crippen LogP) is 4.81. The normalized spacial score (nSPS) is 14.4. The highest BCUT2D eigenvalue weighted by Crippen LogP contribution is 2.41. The molecule has 0 aromatic heterocycles. The summed E-state index contributed by atoms with van der Waals surface area (Å²) in [6.45, 7) is 0. The van der Waals surface area contributed by atoms with Crippen molar-refractivity contribution < 1.29 is 22.8 Å². The van der Waals surface area contributed by atoms with E-state index in [4.69, 9.17) is 23.2 Å². The molecule has 8 heteroatoms. The average Bonchev–Trinajstić information content (AvgIpc) is 2.71. The van der Waals surface area contributed by atoms with Gasteiger partial charge in [-0.3, -0.25) is 9.59 Å². The summed E-state index contributed by atoms with van der Waals surface area (Å²) >= 11 is 11.5. The molecule has 2 amide bonds. The quantitative estimate of drug-likeness (QED) is 0.685. The molecular formula is C15H6Cl2F3NO2. The van der Waals surface area contributed by atoms with Crippen LogP contribution >= 0.6 is 23.2 Å². The van der Waals surface area contributed by atoms with Crippen molar-refractivity contribution in [3.05, 3.63) is 63.1 Å². The van der Waals surface area contributed by atoms with Crippen LogP contribution in [0.4, 0.5) is 18.9 Å². The van der Waals surface area contributed by atoms with Gasteiger partial charge in [0.1, 0.15) is 0 Å². The minimum Gasteiger partial charge on any atom is -0.268 e. The van der Waals surface area contributed by atoms with E-state index in [0.29, 0.717) is 11.0 Å². The van der Waals surface area contributed by atoms with Gasteiger partial charge in [0.2, 0.25) is 0 Å². The van der Waals surface area contributed by atoms with Crippen LogP contribution in [0.25, 0.3) is 0 Å². The number of amides is 2. The molecule has 1 heterocycles. The third-order valence-electron chi connectivity index (χ3n) is 3.37. The fraction of sp³-hybridized carbons (Fsp3) is 0.0667. The third kappa shape index (κ3) is 2.48. The number of alkyl halides is 3. The van der Waals surface area contributed by atoms with Gasteiger partial charge >= 0.3 is 6.18 Å². The summed E-state index contributed by atoms with van der Waals surface area (Å²) in [5, 5.41) is -0.151. The summed E-state index contributed by atoms with van der Waals surface area (Å²) in [6, 6.07) is 7.01. The molecule has 0 unspecified atom stereocenters. The number of benzene rings is 2. The second-order valence-corrected chi connectivity index (χ2v) is 5.61. The average molecular weight is 360 g/mol. The fourth-order valence-electron chi connectivity index (χ4n) is 2.39. The molecule has 0 N–H and O–H groups in total. The highest BCUT2D eigenvalue weighted by Gasteiger charge is 2.43. The second-order valence-electron chi connectivity index (χ2n) is 4.77. The summed E-state index contributed by atoms with van der Waals surface area (Å²) in [4.78, 5) is 25.3. The Morgan fingerprint density at radius 1 is 0.957 bits per heavy atom. The minimum absolute atomic E-state index is 0.00544. The number of imide groups is 1. The Balaban J connectivity index is 2.21. The van der Waals surface area contributed by atoms with Gasteiger partial charge < -0.3 is 0 Å². The van der Waals surface area contributed by atoms with Crippen molar-refractivity contribution >= 4 is 40.7 Å². The Hall–Kier alpha value is -2.05. The van der Waals surface area contributed by atoms with E-state index in [2.05, 4.69) is 0 Å². The molecule has 2 aromatic rings. The molecule has 0 aliphatic carbocycles. The first-order chi connectivity index (χ1) is 10.7. The van der Waals surface area contributed by atoms with Gasteiger partial charge in [-0.25, -0.2) is 4.90 Å². The van der Waals surface area contributed by atoms with Crippen molar-refractivity contribution in [3.8, 4) is 0 Å². The number of carbonyl (C=O) groups is 2. The standard InChI is InChI=1S/C15H6Cl2F3NO2/c16-7-4-5-11(9(6-7)15(18,19)20)21-13(22)8-2-1-3-10(17)12(8)14(21)23/h1-6H. The van der Waals surface area contributed by atoms with Crippen LogP contribution in [0.1, 0.15) is 26.3 Å². The number of halogens is 5. The van der Waals surface area contributed by atoms with E-state index < -0.39 is 29.2 Å². The SMILES string of the molecule is O=C1c2cccc(Cl)c2C(=O)N1c1ccc(Cl)cc1C(F)(F)F. The first-order valence-electron chi connectivity index (χ1n) is 6.26. The van der Waals surface area contributed by atoms with E-state index in [-0.39, 0.29) is 21.2 Å². The van der Waals surface area contributed by atoms with E-state index in [0.717, 1.165) is 6.07 Å². The summed E-state index contributed by atoms with van der Waals surface area (Å²) in [7, 11) is 0. The van der Waals surface area contributed by atoms with E-state index >= 15 is 0 Å². The van der Waals surface area contributed by atoms with Crippen LogP contribution in [0.2, 0.25) is 10.0 Å². The van der Waals surface area contributed by atoms with E-state index in [1.807, 2.05) is 0 Å². The van der Waals surface area contributed by atoms with E-state index in [1.165, 1.54) is 24.3 Å². The lowest BCUT2D eigenvalue weighted by molar-refractivity contribution is -0.137. The van der Waals surface area contributed by atoms with Gasteiger partial charge in [0.15, 0.2) is 0 Å². The van der Waals surface area contributed by atoms with Gasteiger partial charge in [0.25, 0.3) is 11.8 Å². The molecule has 0 spiro atoms. The lowest BCUT2D eigenvalue weighted by Crippen LogP contribution is -2.31. The molecule has 23 heavy (non-hydrogen) atoms. The molecule has 2 aromatic carbocycles. The third-order valence-corrected chi connectivity index (χ3v) is 3.92. The van der Waals surface area contributed by atoms with Gasteiger partial charge in [-0.2, -0.15) is 13.2 Å². The molecule has 0 saturated heterocycles. The zero-order chi connectivity index (χ0) is 16.9. The maximum Gasteiger partial charge on any atom is 0.418 e. The monoisotopic (exact) mass is 359 g/mol. The molecule has 0 atom stereocenters. The molecule has 0 saturated carbocycles. The lowest BCUT2D eigenvalue weighted by Gasteiger charge is -2.20. The van der Waals surface area contributed by atoms with Crippen molar-refractivity contribution in [1.29, 1.82) is 0 Å². The Bertz CT molecular complexity index is 849. The highest BCUT2D eigenvalue weighted by molar-refractivity contribution is 6.42. The zero-order valence-electron chi connectivity index (χ0n) is 11.1. The number of nitrogens with zero attached hydrogens (tertiary/aromatic N) is 1. The molecule has 3 nitrogen and oxygen atoms in total. The molecule has 3 rings (SSSR count). The van der Waals surface area contributed by atoms with Crippen LogP contribution in [-0.2, 0) is 6.18 Å². The molecule has 0 radical (unpaired) electrons. The number of rotatable bonds is 1. The van der Waals surface area contributed by atoms with Crippen molar-refractivity contribution in [2.45, 2.75) is 6.18 Å². The first-order valence-corrected chi connectivity index (χ1v) is 7.01. The van der Waals surface area contributed by atoms with E-state index in [9.17, 15) is 22.8 Å². The van der Waals surface area contributed by atoms with Gasteiger partial charge in [-0.15, -0.1) is 0 Å². The Morgan fingerprint density at radius 2 is 1.65 bits per heavy atom. The van der Waals surface area contributed by atoms with Crippen LogP contribution in [0.3, 0.4) is 0 Å². The van der Waals surface area contributed by atoms with Gasteiger partial charge in [0.05, 0.1) is 27.4 Å². The summed E-state index contributed by atoms with van der Waals surface area (Å²) < 4.78 is 39.6. The molecule has 1 aliphatic rings. The number of hydrogen-bond donors (Lipinski definition) is 0. The Labute approximate surface area is 138 Å². The van der Waals surface area contributed by atoms with Crippen LogP contribution in [0.15, 0.2) is 36.4 Å². The topological polar surface area (TPSA) is 37.4 Å². The minimum atomic E-state index is -4.78. The largest absolute Gasteiger partial charge is 0.418 e. The van der Waals surface area contributed by atoms with Crippen LogP contribution in [-0.4, -0.2) is 11.8 Å². The lowest BCUT2D eigenvalue weighted by atomic mass is 10.1. The fourth-order valence-corrected chi connectivity index (χ4v) is 2.82. The van der Waals surface area contributed by atoms with Crippen LogP contribution in [0, 0.1) is 0 Å². The molecule has 0 bridgehead atoms. The van der Waals surface area contributed by atoms with Crippen molar-refractivity contribution in [2.75, 3.05) is 4.90 Å². The maximum absolute atomic E-state index is 13.2. The highest BCUT2D eigenvalue weighted by atomic mass is 35.5.